The second-order valence-electron chi connectivity index (χ2n) is 4.52. The minimum atomic E-state index is 0.609. The molecule has 0 radical (unpaired) electrons. The highest BCUT2D eigenvalue weighted by Crippen LogP contribution is 2.23. The van der Waals surface area contributed by atoms with Crippen LogP contribution in [0.5, 0.6) is 0 Å². The molecule has 0 aliphatic carbocycles. The van der Waals surface area contributed by atoms with Gasteiger partial charge in [-0.2, -0.15) is 15.3 Å². The summed E-state index contributed by atoms with van der Waals surface area (Å²) in [5, 5.41) is 11.7. The summed E-state index contributed by atoms with van der Waals surface area (Å²) in [6, 6.07) is 15.1. The van der Waals surface area contributed by atoms with Crippen LogP contribution in [0.1, 0.15) is 13.8 Å². The average molecular weight is 281 g/mol. The molecule has 108 valence electrons. The highest BCUT2D eigenvalue weighted by Gasteiger charge is 2.00. The van der Waals surface area contributed by atoms with Crippen LogP contribution in [-0.2, 0) is 0 Å². The Kier molecular flexibility index (Phi) is 5.15. The third-order valence-corrected chi connectivity index (χ3v) is 3.24. The second kappa shape index (κ2) is 7.28. The van der Waals surface area contributed by atoms with Gasteiger partial charge in [0.2, 0.25) is 0 Å². The third-order valence-electron chi connectivity index (χ3n) is 3.24. The first-order chi connectivity index (χ1) is 10.3. The van der Waals surface area contributed by atoms with Gasteiger partial charge in [-0.1, -0.05) is 0 Å². The lowest BCUT2D eigenvalue weighted by molar-refractivity contribution is 0.866. The van der Waals surface area contributed by atoms with Crippen molar-refractivity contribution < 1.29 is 0 Å². The Bertz CT molecular complexity index is 598. The molecule has 2 rings (SSSR count). The molecule has 0 atom stereocenters. The van der Waals surface area contributed by atoms with Crippen LogP contribution in [0.25, 0.3) is 0 Å². The molecule has 0 aliphatic heterocycles. The van der Waals surface area contributed by atoms with Crippen LogP contribution in [-0.4, -0.2) is 13.1 Å². The van der Waals surface area contributed by atoms with Crippen molar-refractivity contribution in [3.05, 3.63) is 48.5 Å². The van der Waals surface area contributed by atoms with Crippen LogP contribution in [0, 0.1) is 5.53 Å². The van der Waals surface area contributed by atoms with Gasteiger partial charge < -0.3 is 4.90 Å². The maximum absolute atomic E-state index is 6.90. The minimum absolute atomic E-state index is 0.609. The van der Waals surface area contributed by atoms with E-state index in [2.05, 4.69) is 46.2 Å². The lowest BCUT2D eigenvalue weighted by Gasteiger charge is -2.20. The van der Waals surface area contributed by atoms with Crippen molar-refractivity contribution in [1.82, 2.24) is 0 Å². The van der Waals surface area contributed by atoms with E-state index in [9.17, 15) is 0 Å². The van der Waals surface area contributed by atoms with Crippen molar-refractivity contribution in [3.63, 3.8) is 0 Å². The lowest BCUT2D eigenvalue weighted by atomic mass is 10.2. The summed E-state index contributed by atoms with van der Waals surface area (Å²) in [5.74, 6) is 0. The molecule has 0 saturated carbocycles. The zero-order chi connectivity index (χ0) is 15.1. The van der Waals surface area contributed by atoms with Gasteiger partial charge in [0.15, 0.2) is 0 Å². The van der Waals surface area contributed by atoms with Crippen molar-refractivity contribution in [3.8, 4) is 0 Å². The molecule has 0 heterocycles. The summed E-state index contributed by atoms with van der Waals surface area (Å²) in [5.41, 5.74) is 10.3. The Morgan fingerprint density at radius 3 is 1.62 bits per heavy atom. The van der Waals surface area contributed by atoms with Gasteiger partial charge in [-0.3, -0.25) is 0 Å². The molecule has 0 fully saturated rings. The van der Waals surface area contributed by atoms with E-state index in [1.54, 1.807) is 24.3 Å². The molecule has 0 spiro atoms. The highest BCUT2D eigenvalue weighted by atomic mass is 15.1. The molecule has 0 aromatic heterocycles. The van der Waals surface area contributed by atoms with Crippen molar-refractivity contribution in [2.24, 2.45) is 15.3 Å². The Hall–Kier alpha value is -2.56. The predicted molar refractivity (Wildman–Crippen MR) is 85.4 cm³/mol. The van der Waals surface area contributed by atoms with Crippen LogP contribution in [0.2, 0.25) is 0 Å². The first-order valence-electron chi connectivity index (χ1n) is 7.01. The first kappa shape index (κ1) is 14.8. The number of hydrogen-bond donors (Lipinski definition) is 1. The van der Waals surface area contributed by atoms with E-state index in [0.717, 1.165) is 24.5 Å². The van der Waals surface area contributed by atoms with Crippen molar-refractivity contribution in [2.45, 2.75) is 13.8 Å². The van der Waals surface area contributed by atoms with E-state index in [0.29, 0.717) is 5.69 Å². The number of hydrogen-bond acceptors (Lipinski definition) is 5. The molecular formula is C16H19N5. The number of anilines is 1. The third kappa shape index (κ3) is 3.95. The van der Waals surface area contributed by atoms with E-state index in [1.807, 2.05) is 12.1 Å². The smallest absolute Gasteiger partial charge is 0.0858 e. The number of azo groups is 1. The van der Waals surface area contributed by atoms with E-state index >= 15 is 0 Å². The molecule has 0 saturated heterocycles. The van der Waals surface area contributed by atoms with E-state index < -0.39 is 0 Å². The van der Waals surface area contributed by atoms with Crippen molar-refractivity contribution in [2.75, 3.05) is 18.0 Å². The lowest BCUT2D eigenvalue weighted by Crippen LogP contribution is -2.21. The van der Waals surface area contributed by atoms with Crippen LogP contribution >= 0.6 is 0 Å². The maximum atomic E-state index is 6.90. The second-order valence-corrected chi connectivity index (χ2v) is 4.52. The van der Waals surface area contributed by atoms with Gasteiger partial charge in [0.05, 0.1) is 17.1 Å². The maximum Gasteiger partial charge on any atom is 0.0858 e. The summed E-state index contributed by atoms with van der Waals surface area (Å²) in [6.45, 7) is 6.27. The molecule has 0 bridgehead atoms. The van der Waals surface area contributed by atoms with Gasteiger partial charge >= 0.3 is 0 Å². The Balaban J connectivity index is 2.08. The molecule has 0 aliphatic rings. The van der Waals surface area contributed by atoms with Gasteiger partial charge in [0, 0.05) is 18.8 Å². The van der Waals surface area contributed by atoms with Gasteiger partial charge in [0.1, 0.15) is 0 Å². The number of benzene rings is 2. The Labute approximate surface area is 124 Å². The standard InChI is InChI=1S/C16H19N5/c1-3-21(4-2)16-11-9-15(10-12-16)20-19-14-7-5-13(18-17)6-8-14/h5-12,17H,3-4H2,1-2H3. The van der Waals surface area contributed by atoms with Gasteiger partial charge in [0.25, 0.3) is 0 Å². The average Bonchev–Trinajstić information content (AvgIpc) is 2.55. The topological polar surface area (TPSA) is 64.2 Å². The van der Waals surface area contributed by atoms with E-state index in [1.165, 1.54) is 5.69 Å². The number of nitrogens with zero attached hydrogens (tertiary/aromatic N) is 4. The van der Waals surface area contributed by atoms with E-state index in [4.69, 9.17) is 5.53 Å². The van der Waals surface area contributed by atoms with E-state index in [-0.39, 0.29) is 0 Å². The normalized spacial score (nSPS) is 10.8. The SMILES string of the molecule is CCN(CC)c1ccc(N=Nc2ccc(N=N)cc2)cc1. The predicted octanol–water partition coefficient (Wildman–Crippen LogP) is 5.61. The molecular weight excluding hydrogens is 262 g/mol. The van der Waals surface area contributed by atoms with Gasteiger partial charge in [-0.25, -0.2) is 5.53 Å². The summed E-state index contributed by atoms with van der Waals surface area (Å²) in [6.07, 6.45) is 0. The minimum Gasteiger partial charge on any atom is -0.372 e. The van der Waals surface area contributed by atoms with Gasteiger partial charge in [-0.15, -0.1) is 0 Å². The fraction of sp³-hybridized carbons (Fsp3) is 0.250. The molecule has 5 heteroatoms. The van der Waals surface area contributed by atoms with Gasteiger partial charge in [-0.05, 0) is 62.4 Å². The largest absolute Gasteiger partial charge is 0.372 e. The van der Waals surface area contributed by atoms with Crippen molar-refractivity contribution >= 4 is 22.7 Å². The summed E-state index contributed by atoms with van der Waals surface area (Å²) in [4.78, 5) is 2.28. The van der Waals surface area contributed by atoms with Crippen LogP contribution in [0.3, 0.4) is 0 Å². The summed E-state index contributed by atoms with van der Waals surface area (Å²) >= 11 is 0. The molecule has 2 aromatic rings. The fourth-order valence-electron chi connectivity index (χ4n) is 2.03. The zero-order valence-electron chi connectivity index (χ0n) is 12.3. The molecule has 1 N–H and O–H groups in total. The number of nitrogens with one attached hydrogen (secondary N) is 1. The molecule has 5 nitrogen and oxygen atoms in total. The quantitative estimate of drug-likeness (QED) is 0.687. The summed E-state index contributed by atoms with van der Waals surface area (Å²) < 4.78 is 0. The highest BCUT2D eigenvalue weighted by molar-refractivity contribution is 5.53. The van der Waals surface area contributed by atoms with Crippen LogP contribution < -0.4 is 4.90 Å². The van der Waals surface area contributed by atoms with Crippen LogP contribution in [0.15, 0.2) is 63.9 Å². The monoisotopic (exact) mass is 281 g/mol. The molecule has 2 aromatic carbocycles. The van der Waals surface area contributed by atoms with Crippen molar-refractivity contribution in [1.29, 1.82) is 5.53 Å². The number of rotatable bonds is 6. The van der Waals surface area contributed by atoms with Crippen LogP contribution in [0.4, 0.5) is 22.7 Å². The fourth-order valence-corrected chi connectivity index (χ4v) is 2.03. The molecule has 0 amide bonds. The summed E-state index contributed by atoms with van der Waals surface area (Å²) in [7, 11) is 0. The Morgan fingerprint density at radius 2 is 1.19 bits per heavy atom. The first-order valence-corrected chi connectivity index (χ1v) is 7.01. The molecule has 21 heavy (non-hydrogen) atoms. The Morgan fingerprint density at radius 1 is 0.762 bits per heavy atom. The zero-order valence-corrected chi connectivity index (χ0v) is 12.3. The molecule has 0 unspecified atom stereocenters.